The van der Waals surface area contributed by atoms with Gasteiger partial charge in [-0.3, -0.25) is 19.3 Å². The molecule has 1 aliphatic heterocycles. The number of amides is 3. The van der Waals surface area contributed by atoms with Gasteiger partial charge >= 0.3 is 12.0 Å². The zero-order valence-electron chi connectivity index (χ0n) is 13.6. The SMILES string of the molecule is CC1(C)NC(=O)N(CCC(=O)OCC(=O)c2ccc(F)c(F)c2)C1=O. The number of Topliss-reactive ketones (excluding diaryl/α,β-unsaturated/α-hetero) is 1. The summed E-state index contributed by atoms with van der Waals surface area (Å²) in [5.74, 6) is -4.25. The molecule has 0 saturated carbocycles. The van der Waals surface area contributed by atoms with E-state index in [0.29, 0.717) is 6.07 Å². The quantitative estimate of drug-likeness (QED) is 0.474. The predicted molar refractivity (Wildman–Crippen MR) is 80.6 cm³/mol. The first kappa shape index (κ1) is 18.5. The first-order valence-electron chi connectivity index (χ1n) is 7.40. The van der Waals surface area contributed by atoms with E-state index in [-0.39, 0.29) is 18.5 Å². The van der Waals surface area contributed by atoms with E-state index in [4.69, 9.17) is 4.74 Å². The number of halogens is 2. The predicted octanol–water partition coefficient (Wildman–Crippen LogP) is 1.41. The number of ketones is 1. The number of rotatable bonds is 6. The summed E-state index contributed by atoms with van der Waals surface area (Å²) in [5, 5.41) is 2.46. The lowest BCUT2D eigenvalue weighted by Crippen LogP contribution is -2.40. The smallest absolute Gasteiger partial charge is 0.325 e. The van der Waals surface area contributed by atoms with Gasteiger partial charge in [-0.25, -0.2) is 13.6 Å². The molecule has 9 heteroatoms. The summed E-state index contributed by atoms with van der Waals surface area (Å²) in [6.45, 7) is 2.22. The van der Waals surface area contributed by atoms with Crippen molar-refractivity contribution in [2.24, 2.45) is 0 Å². The molecule has 0 bridgehead atoms. The van der Waals surface area contributed by atoms with E-state index in [0.717, 1.165) is 17.0 Å². The van der Waals surface area contributed by atoms with Crippen molar-refractivity contribution in [2.75, 3.05) is 13.2 Å². The van der Waals surface area contributed by atoms with Gasteiger partial charge in [0.05, 0.1) is 6.42 Å². The molecule has 1 aliphatic rings. The molecule has 25 heavy (non-hydrogen) atoms. The Morgan fingerprint density at radius 3 is 2.44 bits per heavy atom. The maximum Gasteiger partial charge on any atom is 0.325 e. The molecule has 1 aromatic rings. The van der Waals surface area contributed by atoms with Gasteiger partial charge in [-0.2, -0.15) is 0 Å². The van der Waals surface area contributed by atoms with E-state index in [9.17, 15) is 28.0 Å². The highest BCUT2D eigenvalue weighted by Crippen LogP contribution is 2.16. The molecule has 0 unspecified atom stereocenters. The van der Waals surface area contributed by atoms with Crippen LogP contribution in [0.5, 0.6) is 0 Å². The van der Waals surface area contributed by atoms with Gasteiger partial charge in [0.25, 0.3) is 5.91 Å². The highest BCUT2D eigenvalue weighted by atomic mass is 19.2. The summed E-state index contributed by atoms with van der Waals surface area (Å²) in [6, 6.07) is 1.97. The number of hydrogen-bond donors (Lipinski definition) is 1. The van der Waals surface area contributed by atoms with Crippen molar-refractivity contribution in [1.29, 1.82) is 0 Å². The number of carbonyl (C=O) groups is 4. The van der Waals surface area contributed by atoms with Gasteiger partial charge in [-0.15, -0.1) is 0 Å². The molecular formula is C16H16F2N2O5. The monoisotopic (exact) mass is 354 g/mol. The van der Waals surface area contributed by atoms with Crippen LogP contribution in [0, 0.1) is 11.6 Å². The minimum Gasteiger partial charge on any atom is -0.457 e. The van der Waals surface area contributed by atoms with Crippen LogP contribution in [-0.4, -0.2) is 47.3 Å². The van der Waals surface area contributed by atoms with E-state index in [1.165, 1.54) is 13.8 Å². The van der Waals surface area contributed by atoms with Crippen molar-refractivity contribution in [3.05, 3.63) is 35.4 Å². The topological polar surface area (TPSA) is 92.8 Å². The van der Waals surface area contributed by atoms with Crippen LogP contribution < -0.4 is 5.32 Å². The molecule has 3 amide bonds. The molecule has 1 aromatic carbocycles. The van der Waals surface area contributed by atoms with Gasteiger partial charge in [0.15, 0.2) is 24.0 Å². The average molecular weight is 354 g/mol. The largest absolute Gasteiger partial charge is 0.457 e. The van der Waals surface area contributed by atoms with Crippen LogP contribution in [0.3, 0.4) is 0 Å². The molecule has 7 nitrogen and oxygen atoms in total. The number of esters is 1. The first-order valence-corrected chi connectivity index (χ1v) is 7.40. The number of ether oxygens (including phenoxy) is 1. The second kappa shape index (κ2) is 6.96. The first-order chi connectivity index (χ1) is 11.6. The Bertz CT molecular complexity index is 748. The number of nitrogens with one attached hydrogen (secondary N) is 1. The van der Waals surface area contributed by atoms with Crippen molar-refractivity contribution in [3.63, 3.8) is 0 Å². The van der Waals surface area contributed by atoms with Crippen LogP contribution in [0.2, 0.25) is 0 Å². The third-order valence-corrected chi connectivity index (χ3v) is 3.59. The molecule has 1 saturated heterocycles. The molecule has 1 fully saturated rings. The molecule has 134 valence electrons. The maximum atomic E-state index is 13.1. The van der Waals surface area contributed by atoms with Gasteiger partial charge in [0.1, 0.15) is 5.54 Å². The summed E-state index contributed by atoms with van der Waals surface area (Å²) in [5.41, 5.74) is -1.17. The fraction of sp³-hybridized carbons (Fsp3) is 0.375. The van der Waals surface area contributed by atoms with E-state index < -0.39 is 47.5 Å². The van der Waals surface area contributed by atoms with Gasteiger partial charge in [-0.1, -0.05) is 0 Å². The number of hydrogen-bond acceptors (Lipinski definition) is 5. The lowest BCUT2D eigenvalue weighted by Gasteiger charge is -2.15. The maximum absolute atomic E-state index is 13.1. The van der Waals surface area contributed by atoms with Gasteiger partial charge < -0.3 is 10.1 Å². The van der Waals surface area contributed by atoms with Crippen LogP contribution in [-0.2, 0) is 14.3 Å². The Labute approximate surface area is 141 Å². The standard InChI is InChI=1S/C16H16F2N2O5/c1-16(2)14(23)20(15(24)19-16)6-5-13(22)25-8-12(21)9-3-4-10(17)11(18)7-9/h3-4,7H,5-6,8H2,1-2H3,(H,19,24). The molecule has 0 spiro atoms. The molecule has 0 aromatic heterocycles. The van der Waals surface area contributed by atoms with Crippen molar-refractivity contribution >= 4 is 23.7 Å². The van der Waals surface area contributed by atoms with Crippen molar-refractivity contribution in [1.82, 2.24) is 10.2 Å². The molecule has 0 aliphatic carbocycles. The lowest BCUT2D eigenvalue weighted by molar-refractivity contribution is -0.143. The molecule has 2 rings (SSSR count). The average Bonchev–Trinajstić information content (AvgIpc) is 2.73. The normalized spacial score (nSPS) is 15.9. The molecule has 0 radical (unpaired) electrons. The third kappa shape index (κ3) is 4.17. The van der Waals surface area contributed by atoms with Crippen LogP contribution in [0.25, 0.3) is 0 Å². The van der Waals surface area contributed by atoms with Crippen LogP contribution in [0.4, 0.5) is 13.6 Å². The lowest BCUT2D eigenvalue weighted by atomic mass is 10.1. The summed E-state index contributed by atoms with van der Waals surface area (Å²) < 4.78 is 30.6. The number of benzene rings is 1. The van der Waals surface area contributed by atoms with E-state index in [1.807, 2.05) is 0 Å². The Balaban J connectivity index is 1.83. The molecular weight excluding hydrogens is 338 g/mol. The number of urea groups is 1. The van der Waals surface area contributed by atoms with Gasteiger partial charge in [-0.05, 0) is 32.0 Å². The van der Waals surface area contributed by atoms with Crippen LogP contribution in [0.1, 0.15) is 30.6 Å². The fourth-order valence-electron chi connectivity index (χ4n) is 2.20. The van der Waals surface area contributed by atoms with E-state index in [1.54, 1.807) is 0 Å². The minimum absolute atomic E-state index is 0.137. The van der Waals surface area contributed by atoms with Crippen LogP contribution in [0.15, 0.2) is 18.2 Å². The summed E-state index contributed by atoms with van der Waals surface area (Å²) in [4.78, 5) is 47.9. The van der Waals surface area contributed by atoms with E-state index in [2.05, 4.69) is 5.32 Å². The number of imide groups is 1. The third-order valence-electron chi connectivity index (χ3n) is 3.59. The van der Waals surface area contributed by atoms with Gasteiger partial charge in [0, 0.05) is 12.1 Å². The van der Waals surface area contributed by atoms with Crippen LogP contribution >= 0.6 is 0 Å². The fourth-order valence-corrected chi connectivity index (χ4v) is 2.20. The van der Waals surface area contributed by atoms with Gasteiger partial charge in [0.2, 0.25) is 0 Å². The zero-order chi connectivity index (χ0) is 18.8. The summed E-state index contributed by atoms with van der Waals surface area (Å²) >= 11 is 0. The Morgan fingerprint density at radius 1 is 1.20 bits per heavy atom. The number of nitrogens with zero attached hydrogens (tertiary/aromatic N) is 1. The Kier molecular flexibility index (Phi) is 5.15. The molecule has 0 atom stereocenters. The van der Waals surface area contributed by atoms with Crippen molar-refractivity contribution < 1.29 is 32.7 Å². The zero-order valence-corrected chi connectivity index (χ0v) is 13.6. The highest BCUT2D eigenvalue weighted by molar-refractivity contribution is 6.06. The van der Waals surface area contributed by atoms with Crippen molar-refractivity contribution in [3.8, 4) is 0 Å². The van der Waals surface area contributed by atoms with E-state index >= 15 is 0 Å². The molecule has 1 heterocycles. The molecule has 1 N–H and O–H groups in total. The minimum atomic E-state index is -1.18. The Hall–Kier alpha value is -2.84. The second-order valence-corrected chi connectivity index (χ2v) is 5.97. The summed E-state index contributed by atoms with van der Waals surface area (Å²) in [6.07, 6.45) is -0.291. The summed E-state index contributed by atoms with van der Waals surface area (Å²) in [7, 11) is 0. The Morgan fingerprint density at radius 2 is 1.88 bits per heavy atom. The van der Waals surface area contributed by atoms with Crippen molar-refractivity contribution in [2.45, 2.75) is 25.8 Å². The second-order valence-electron chi connectivity index (χ2n) is 5.97. The highest BCUT2D eigenvalue weighted by Gasteiger charge is 2.44. The number of carbonyl (C=O) groups excluding carboxylic acids is 4.